The maximum absolute atomic E-state index is 12.2. The first-order valence-electron chi connectivity index (χ1n) is 5.19. The maximum Gasteiger partial charge on any atom is 0.127 e. The second-order valence-corrected chi connectivity index (χ2v) is 6.12. The van der Waals surface area contributed by atoms with E-state index in [1.807, 2.05) is 0 Å². The minimum Gasteiger partial charge on any atom is -0.647 e. The smallest absolute Gasteiger partial charge is 0.127 e. The van der Waals surface area contributed by atoms with Crippen LogP contribution >= 0.6 is 7.79 Å². The standard InChI is InChI=1S/C10H17N2OP/c1-2-3-8-14(13)11-9-6-4-5-7-10(9)12-14/h2-3,8-10H,1,4-7H2,(H2,11,12,13)/b8-3+/t9-,10-/m1/s1. The van der Waals surface area contributed by atoms with Crippen molar-refractivity contribution >= 4 is 7.79 Å². The maximum atomic E-state index is 12.2. The molecule has 1 aliphatic carbocycles. The number of hydrogen-bond donors (Lipinski definition) is 2. The molecule has 1 saturated carbocycles. The number of nitrogens with one attached hydrogen (secondary N) is 2. The first kappa shape index (κ1) is 10.3. The van der Waals surface area contributed by atoms with Gasteiger partial charge in [-0.2, -0.15) is 10.2 Å². The predicted molar refractivity (Wildman–Crippen MR) is 58.6 cm³/mol. The van der Waals surface area contributed by atoms with Gasteiger partial charge in [-0.15, -0.1) is 0 Å². The molecule has 2 fully saturated rings. The van der Waals surface area contributed by atoms with Crippen LogP contribution in [-0.2, 0) is 0 Å². The topological polar surface area (TPSA) is 47.1 Å². The average molecular weight is 212 g/mol. The third-order valence-electron chi connectivity index (χ3n) is 2.91. The summed E-state index contributed by atoms with van der Waals surface area (Å²) < 4.78 is 0. The van der Waals surface area contributed by atoms with Gasteiger partial charge in [0, 0.05) is 0 Å². The van der Waals surface area contributed by atoms with Crippen molar-refractivity contribution in [1.82, 2.24) is 10.2 Å². The van der Waals surface area contributed by atoms with Crippen LogP contribution in [0.15, 0.2) is 24.5 Å². The van der Waals surface area contributed by atoms with Gasteiger partial charge in [-0.3, -0.25) is 0 Å². The number of hydrogen-bond acceptors (Lipinski definition) is 3. The molecule has 0 aromatic carbocycles. The van der Waals surface area contributed by atoms with E-state index >= 15 is 0 Å². The second kappa shape index (κ2) is 4.11. The van der Waals surface area contributed by atoms with Crippen LogP contribution in [0.4, 0.5) is 0 Å². The molecule has 0 amide bonds. The van der Waals surface area contributed by atoms with E-state index in [9.17, 15) is 4.89 Å². The first-order valence-corrected chi connectivity index (χ1v) is 6.97. The molecule has 4 heteroatoms. The van der Waals surface area contributed by atoms with E-state index in [1.54, 1.807) is 18.0 Å². The Kier molecular flexibility index (Phi) is 3.03. The van der Waals surface area contributed by atoms with E-state index in [0.717, 1.165) is 12.8 Å². The van der Waals surface area contributed by atoms with Crippen LogP contribution in [0.5, 0.6) is 0 Å². The fourth-order valence-electron chi connectivity index (χ4n) is 2.24. The van der Waals surface area contributed by atoms with Crippen LogP contribution in [0.3, 0.4) is 0 Å². The van der Waals surface area contributed by atoms with Crippen molar-refractivity contribution in [3.05, 3.63) is 24.5 Å². The molecule has 2 N–H and O–H groups in total. The van der Waals surface area contributed by atoms with Crippen LogP contribution in [-0.4, -0.2) is 12.1 Å². The molecule has 0 radical (unpaired) electrons. The van der Waals surface area contributed by atoms with Crippen molar-refractivity contribution < 1.29 is 4.89 Å². The van der Waals surface area contributed by atoms with E-state index in [0.29, 0.717) is 12.1 Å². The van der Waals surface area contributed by atoms with E-state index < -0.39 is 7.79 Å². The van der Waals surface area contributed by atoms with Crippen molar-refractivity contribution in [2.45, 2.75) is 37.8 Å². The van der Waals surface area contributed by atoms with Gasteiger partial charge in [0.05, 0.1) is 17.9 Å². The Morgan fingerprint density at radius 3 is 2.29 bits per heavy atom. The lowest BCUT2D eigenvalue weighted by molar-refractivity contribution is -0.171. The molecule has 1 heterocycles. The summed E-state index contributed by atoms with van der Waals surface area (Å²) in [6, 6.07) is 0.813. The Morgan fingerprint density at radius 1 is 1.21 bits per heavy atom. The summed E-state index contributed by atoms with van der Waals surface area (Å²) in [6.07, 6.45) is 8.19. The molecular weight excluding hydrogens is 195 g/mol. The molecule has 0 aromatic heterocycles. The number of fused-ring (bicyclic) bond motifs is 1. The Bertz CT molecular complexity index is 241. The van der Waals surface area contributed by atoms with Crippen molar-refractivity contribution in [1.29, 1.82) is 0 Å². The van der Waals surface area contributed by atoms with Crippen molar-refractivity contribution in [3.63, 3.8) is 0 Å². The van der Waals surface area contributed by atoms with Gasteiger partial charge in [-0.05, 0) is 18.9 Å². The van der Waals surface area contributed by atoms with Gasteiger partial charge in [0.25, 0.3) is 0 Å². The Hall–Kier alpha value is -0.210. The highest BCUT2D eigenvalue weighted by atomic mass is 31.2. The van der Waals surface area contributed by atoms with E-state index in [2.05, 4.69) is 16.8 Å². The van der Waals surface area contributed by atoms with Gasteiger partial charge in [0.15, 0.2) is 0 Å². The summed E-state index contributed by atoms with van der Waals surface area (Å²) in [5.74, 6) is 1.72. The highest BCUT2D eigenvalue weighted by Crippen LogP contribution is 2.50. The molecule has 0 bridgehead atoms. The van der Waals surface area contributed by atoms with E-state index in [4.69, 9.17) is 0 Å². The molecule has 1 saturated heterocycles. The normalized spacial score (nSPS) is 35.8. The predicted octanol–water partition coefficient (Wildman–Crippen LogP) is 1.31. The summed E-state index contributed by atoms with van der Waals surface area (Å²) >= 11 is 0. The third-order valence-corrected chi connectivity index (χ3v) is 4.94. The molecule has 2 aliphatic rings. The van der Waals surface area contributed by atoms with Gasteiger partial charge in [0.2, 0.25) is 0 Å². The minimum atomic E-state index is -2.44. The van der Waals surface area contributed by atoms with Crippen molar-refractivity contribution in [3.8, 4) is 0 Å². The lowest BCUT2D eigenvalue weighted by Crippen LogP contribution is -2.36. The third kappa shape index (κ3) is 2.06. The summed E-state index contributed by atoms with van der Waals surface area (Å²) in [6.45, 7) is 3.58. The largest absolute Gasteiger partial charge is 0.647 e. The summed E-state index contributed by atoms with van der Waals surface area (Å²) in [7, 11) is -2.44. The molecule has 0 aromatic rings. The van der Waals surface area contributed by atoms with E-state index in [1.165, 1.54) is 12.8 Å². The highest BCUT2D eigenvalue weighted by Gasteiger charge is 2.43. The summed E-state index contributed by atoms with van der Waals surface area (Å²) in [5.41, 5.74) is 0. The van der Waals surface area contributed by atoms with Gasteiger partial charge in [-0.25, -0.2) is 0 Å². The number of allylic oxidation sites excluding steroid dienone is 2. The van der Waals surface area contributed by atoms with Gasteiger partial charge < -0.3 is 4.89 Å². The van der Waals surface area contributed by atoms with Gasteiger partial charge >= 0.3 is 0 Å². The molecule has 3 nitrogen and oxygen atoms in total. The molecule has 0 spiro atoms. The quantitative estimate of drug-likeness (QED) is 0.536. The fraction of sp³-hybridized carbons (Fsp3) is 0.600. The lowest BCUT2D eigenvalue weighted by Gasteiger charge is -2.21. The molecule has 78 valence electrons. The number of rotatable bonds is 2. The zero-order valence-corrected chi connectivity index (χ0v) is 9.17. The van der Waals surface area contributed by atoms with E-state index in [-0.39, 0.29) is 0 Å². The molecule has 14 heavy (non-hydrogen) atoms. The molecule has 2 atom stereocenters. The Balaban J connectivity index is 2.03. The first-order chi connectivity index (χ1) is 6.73. The Morgan fingerprint density at radius 2 is 1.79 bits per heavy atom. The zero-order chi connectivity index (χ0) is 10.0. The fourth-order valence-corrected chi connectivity index (χ4v) is 4.45. The SMILES string of the molecule is C=C/C=C/[P+]1([O-])N[C@@H]2CCCC[C@H]2N1. The van der Waals surface area contributed by atoms with Crippen molar-refractivity contribution in [2.75, 3.05) is 0 Å². The van der Waals surface area contributed by atoms with Crippen LogP contribution in [0.25, 0.3) is 0 Å². The average Bonchev–Trinajstić information content (AvgIpc) is 2.51. The van der Waals surface area contributed by atoms with Gasteiger partial charge in [-0.1, -0.05) is 25.5 Å². The van der Waals surface area contributed by atoms with Crippen LogP contribution in [0.1, 0.15) is 25.7 Å². The van der Waals surface area contributed by atoms with Crippen molar-refractivity contribution in [2.24, 2.45) is 0 Å². The molecular formula is C10H17N2OP. The molecule has 2 rings (SSSR count). The zero-order valence-electron chi connectivity index (χ0n) is 8.28. The minimum absolute atomic E-state index is 0.407. The molecule has 1 aliphatic heterocycles. The molecule has 0 unspecified atom stereocenters. The van der Waals surface area contributed by atoms with Crippen LogP contribution in [0, 0.1) is 0 Å². The lowest BCUT2D eigenvalue weighted by atomic mass is 9.92. The summed E-state index contributed by atoms with van der Waals surface area (Å²) in [5, 5.41) is 6.43. The van der Waals surface area contributed by atoms with Crippen LogP contribution in [0.2, 0.25) is 0 Å². The monoisotopic (exact) mass is 212 g/mol. The van der Waals surface area contributed by atoms with Gasteiger partial charge in [0.1, 0.15) is 7.79 Å². The summed E-state index contributed by atoms with van der Waals surface area (Å²) in [4.78, 5) is 12.2. The Labute approximate surface area is 85.8 Å². The van der Waals surface area contributed by atoms with Crippen LogP contribution < -0.4 is 15.1 Å². The second-order valence-electron chi connectivity index (χ2n) is 3.99. The highest BCUT2D eigenvalue weighted by molar-refractivity contribution is 7.68.